The quantitative estimate of drug-likeness (QED) is 0.913. The van der Waals surface area contributed by atoms with Crippen LogP contribution in [0, 0.1) is 0 Å². The van der Waals surface area contributed by atoms with Crippen molar-refractivity contribution in [2.24, 2.45) is 0 Å². The topological polar surface area (TPSA) is 29.5 Å². The average Bonchev–Trinajstić information content (AvgIpc) is 3.11. The van der Waals surface area contributed by atoms with Gasteiger partial charge in [0, 0.05) is 16.2 Å². The molecule has 20 heavy (non-hydrogen) atoms. The van der Waals surface area contributed by atoms with Crippen molar-refractivity contribution < 1.29 is 9.84 Å². The molecule has 1 aliphatic carbocycles. The summed E-state index contributed by atoms with van der Waals surface area (Å²) in [7, 11) is 0. The van der Waals surface area contributed by atoms with Crippen LogP contribution in [-0.2, 0) is 19.3 Å². The Hall–Kier alpha value is -1.32. The van der Waals surface area contributed by atoms with Gasteiger partial charge in [-0.05, 0) is 60.6 Å². The molecule has 2 aliphatic rings. The molecule has 0 radical (unpaired) electrons. The van der Waals surface area contributed by atoms with E-state index in [1.807, 2.05) is 12.1 Å². The van der Waals surface area contributed by atoms with Gasteiger partial charge in [-0.1, -0.05) is 6.07 Å². The summed E-state index contributed by atoms with van der Waals surface area (Å²) in [5.74, 6) is 0.978. The van der Waals surface area contributed by atoms with E-state index >= 15 is 0 Å². The standard InChI is InChI=1S/C17H18O2S/c18-17(13-5-6-14-11(9-13)7-8-19-14)16-10-12-3-1-2-4-15(12)20-16/h5-6,9-10,17-18H,1-4,7-8H2. The van der Waals surface area contributed by atoms with Gasteiger partial charge in [0.25, 0.3) is 0 Å². The smallest absolute Gasteiger partial charge is 0.122 e. The molecular formula is C17H18O2S. The first kappa shape index (κ1) is 12.4. The van der Waals surface area contributed by atoms with Gasteiger partial charge in [0.05, 0.1) is 6.61 Å². The van der Waals surface area contributed by atoms with Crippen molar-refractivity contribution in [2.45, 2.75) is 38.2 Å². The fraction of sp³-hybridized carbons (Fsp3) is 0.412. The largest absolute Gasteiger partial charge is 0.493 e. The molecule has 0 bridgehead atoms. The van der Waals surface area contributed by atoms with Gasteiger partial charge in [-0.15, -0.1) is 11.3 Å². The van der Waals surface area contributed by atoms with Crippen molar-refractivity contribution in [2.75, 3.05) is 6.61 Å². The Kier molecular flexibility index (Phi) is 3.04. The maximum Gasteiger partial charge on any atom is 0.122 e. The number of fused-ring (bicyclic) bond motifs is 2. The number of rotatable bonds is 2. The van der Waals surface area contributed by atoms with E-state index < -0.39 is 6.10 Å². The lowest BCUT2D eigenvalue weighted by molar-refractivity contribution is 0.224. The highest BCUT2D eigenvalue weighted by atomic mass is 32.1. The maximum atomic E-state index is 10.6. The van der Waals surface area contributed by atoms with Crippen LogP contribution in [0.25, 0.3) is 0 Å². The summed E-state index contributed by atoms with van der Waals surface area (Å²) in [5, 5.41) is 10.6. The first-order valence-electron chi connectivity index (χ1n) is 7.36. The second kappa shape index (κ2) is 4.90. The molecule has 1 unspecified atom stereocenters. The lowest BCUT2D eigenvalue weighted by Crippen LogP contribution is -1.98. The zero-order valence-electron chi connectivity index (χ0n) is 11.4. The fourth-order valence-electron chi connectivity index (χ4n) is 3.19. The minimum absolute atomic E-state index is 0.489. The third-order valence-electron chi connectivity index (χ3n) is 4.31. The number of thiophene rings is 1. The molecule has 1 aromatic carbocycles. The normalized spacial score (nSPS) is 18.2. The van der Waals surface area contributed by atoms with E-state index in [-0.39, 0.29) is 0 Å². The van der Waals surface area contributed by atoms with Crippen LogP contribution in [-0.4, -0.2) is 11.7 Å². The fourth-order valence-corrected chi connectivity index (χ4v) is 4.46. The van der Waals surface area contributed by atoms with E-state index in [1.165, 1.54) is 41.7 Å². The van der Waals surface area contributed by atoms with Crippen LogP contribution in [0.4, 0.5) is 0 Å². The van der Waals surface area contributed by atoms with Gasteiger partial charge in [0.15, 0.2) is 0 Å². The molecule has 2 heterocycles. The number of aliphatic hydroxyl groups excluding tert-OH is 1. The van der Waals surface area contributed by atoms with Crippen LogP contribution < -0.4 is 4.74 Å². The van der Waals surface area contributed by atoms with Crippen molar-refractivity contribution in [3.8, 4) is 5.75 Å². The van der Waals surface area contributed by atoms with Gasteiger partial charge < -0.3 is 9.84 Å². The minimum Gasteiger partial charge on any atom is -0.493 e. The summed E-state index contributed by atoms with van der Waals surface area (Å²) in [6.07, 6.45) is 5.41. The number of aryl methyl sites for hydroxylation is 2. The molecule has 0 saturated carbocycles. The SMILES string of the molecule is OC(c1ccc2c(c1)CCO2)c1cc2c(s1)CCCC2. The predicted octanol–water partition coefficient (Wildman–Crippen LogP) is 3.64. The van der Waals surface area contributed by atoms with Gasteiger partial charge in [-0.2, -0.15) is 0 Å². The van der Waals surface area contributed by atoms with Crippen molar-refractivity contribution in [3.63, 3.8) is 0 Å². The third-order valence-corrected chi connectivity index (χ3v) is 5.60. The summed E-state index contributed by atoms with van der Waals surface area (Å²) in [6, 6.07) is 8.31. The molecular weight excluding hydrogens is 268 g/mol. The molecule has 0 spiro atoms. The lowest BCUT2D eigenvalue weighted by Gasteiger charge is -2.10. The van der Waals surface area contributed by atoms with E-state index in [2.05, 4.69) is 12.1 Å². The van der Waals surface area contributed by atoms with Crippen LogP contribution in [0.1, 0.15) is 45.4 Å². The Morgan fingerprint density at radius 3 is 2.85 bits per heavy atom. The maximum absolute atomic E-state index is 10.6. The van der Waals surface area contributed by atoms with Crippen molar-refractivity contribution >= 4 is 11.3 Å². The number of hydrogen-bond donors (Lipinski definition) is 1. The Labute approximate surface area is 123 Å². The molecule has 1 aromatic heterocycles. The first-order chi connectivity index (χ1) is 9.81. The van der Waals surface area contributed by atoms with Gasteiger partial charge >= 0.3 is 0 Å². The lowest BCUT2D eigenvalue weighted by atomic mass is 9.98. The zero-order chi connectivity index (χ0) is 13.5. The minimum atomic E-state index is -0.489. The number of hydrogen-bond acceptors (Lipinski definition) is 3. The van der Waals surface area contributed by atoms with Gasteiger partial charge in [0.1, 0.15) is 11.9 Å². The molecule has 0 saturated heterocycles. The van der Waals surface area contributed by atoms with Crippen LogP contribution >= 0.6 is 11.3 Å². The van der Waals surface area contributed by atoms with Crippen molar-refractivity contribution in [1.29, 1.82) is 0 Å². The van der Waals surface area contributed by atoms with E-state index in [9.17, 15) is 5.11 Å². The third kappa shape index (κ3) is 2.05. The summed E-state index contributed by atoms with van der Waals surface area (Å²) < 4.78 is 5.53. The van der Waals surface area contributed by atoms with Crippen molar-refractivity contribution in [1.82, 2.24) is 0 Å². The molecule has 2 nitrogen and oxygen atoms in total. The van der Waals surface area contributed by atoms with E-state index in [0.717, 1.165) is 29.2 Å². The number of benzene rings is 1. The van der Waals surface area contributed by atoms with Gasteiger partial charge in [0.2, 0.25) is 0 Å². The van der Waals surface area contributed by atoms with Crippen LogP contribution in [0.3, 0.4) is 0 Å². The van der Waals surface area contributed by atoms with E-state index in [0.29, 0.717) is 0 Å². The summed E-state index contributed by atoms with van der Waals surface area (Å²) in [6.45, 7) is 0.766. The number of ether oxygens (including phenoxy) is 1. The van der Waals surface area contributed by atoms with E-state index in [1.54, 1.807) is 11.3 Å². The van der Waals surface area contributed by atoms with Crippen LogP contribution in [0.15, 0.2) is 24.3 Å². The van der Waals surface area contributed by atoms with Gasteiger partial charge in [-0.25, -0.2) is 0 Å². The summed E-state index contributed by atoms with van der Waals surface area (Å²) in [4.78, 5) is 2.57. The number of aliphatic hydroxyl groups is 1. The second-order valence-electron chi connectivity index (χ2n) is 5.67. The molecule has 1 aliphatic heterocycles. The molecule has 3 heteroatoms. The second-order valence-corrected chi connectivity index (χ2v) is 6.84. The van der Waals surface area contributed by atoms with Crippen LogP contribution in [0.5, 0.6) is 5.75 Å². The van der Waals surface area contributed by atoms with Crippen LogP contribution in [0.2, 0.25) is 0 Å². The average molecular weight is 286 g/mol. The molecule has 1 atom stereocenters. The molecule has 2 aromatic rings. The monoisotopic (exact) mass is 286 g/mol. The molecule has 4 rings (SSSR count). The Balaban J connectivity index is 1.66. The van der Waals surface area contributed by atoms with Gasteiger partial charge in [-0.3, -0.25) is 0 Å². The Morgan fingerprint density at radius 2 is 1.95 bits per heavy atom. The summed E-state index contributed by atoms with van der Waals surface area (Å²) in [5.41, 5.74) is 3.68. The molecule has 104 valence electrons. The van der Waals surface area contributed by atoms with Crippen molar-refractivity contribution in [3.05, 3.63) is 50.7 Å². The zero-order valence-corrected chi connectivity index (χ0v) is 12.2. The first-order valence-corrected chi connectivity index (χ1v) is 8.18. The highest BCUT2D eigenvalue weighted by molar-refractivity contribution is 7.12. The molecule has 0 amide bonds. The predicted molar refractivity (Wildman–Crippen MR) is 80.7 cm³/mol. The highest BCUT2D eigenvalue weighted by Gasteiger charge is 2.20. The molecule has 1 N–H and O–H groups in total. The summed E-state index contributed by atoms with van der Waals surface area (Å²) >= 11 is 1.79. The Bertz CT molecular complexity index is 621. The Morgan fingerprint density at radius 1 is 1.05 bits per heavy atom. The molecule has 0 fully saturated rings. The van der Waals surface area contributed by atoms with E-state index in [4.69, 9.17) is 4.74 Å². The highest BCUT2D eigenvalue weighted by Crippen LogP contribution is 2.37.